The summed E-state index contributed by atoms with van der Waals surface area (Å²) in [4.78, 5) is 44.9. The van der Waals surface area contributed by atoms with Crippen LogP contribution in [0.1, 0.15) is 33.1 Å². The molecule has 1 N–H and O–H groups in total. The fourth-order valence-corrected chi connectivity index (χ4v) is 6.41. The summed E-state index contributed by atoms with van der Waals surface area (Å²) in [6.45, 7) is 11.3. The first kappa shape index (κ1) is 27.9. The second kappa shape index (κ2) is 11.3. The van der Waals surface area contributed by atoms with Crippen molar-refractivity contribution in [1.29, 1.82) is 0 Å². The molecule has 1 aromatic rings. The fraction of sp³-hybridized carbons (Fsp3) is 0.552. The molecule has 9 nitrogen and oxygen atoms in total. The van der Waals surface area contributed by atoms with Crippen LogP contribution in [0.25, 0.3) is 0 Å². The molecule has 2 bridgehead atoms. The van der Waals surface area contributed by atoms with E-state index in [-0.39, 0.29) is 37.5 Å². The van der Waals surface area contributed by atoms with Crippen LogP contribution in [-0.2, 0) is 23.9 Å². The molecule has 3 saturated heterocycles. The van der Waals surface area contributed by atoms with E-state index in [9.17, 15) is 19.5 Å². The number of hydrogen-bond donors (Lipinski definition) is 1. The van der Waals surface area contributed by atoms with Gasteiger partial charge in [-0.3, -0.25) is 14.4 Å². The van der Waals surface area contributed by atoms with Gasteiger partial charge in [-0.05, 0) is 43.0 Å². The van der Waals surface area contributed by atoms with Crippen LogP contribution in [0.5, 0.6) is 5.75 Å². The third-order valence-electron chi connectivity index (χ3n) is 8.39. The maximum atomic E-state index is 14.5. The minimum absolute atomic E-state index is 0.0265. The number of likely N-dealkylation sites (tertiary alicyclic amines) is 1. The quantitative estimate of drug-likeness (QED) is 0.330. The van der Waals surface area contributed by atoms with Crippen molar-refractivity contribution < 1.29 is 33.7 Å². The molecule has 0 radical (unpaired) electrons. The summed E-state index contributed by atoms with van der Waals surface area (Å²) in [7, 11) is 1.57. The van der Waals surface area contributed by atoms with Gasteiger partial charge in [-0.1, -0.05) is 39.0 Å². The van der Waals surface area contributed by atoms with E-state index in [1.165, 1.54) is 11.0 Å². The third kappa shape index (κ3) is 4.41. The molecule has 4 rings (SSSR count). The minimum Gasteiger partial charge on any atom is -0.497 e. The zero-order valence-electron chi connectivity index (χ0n) is 22.4. The largest absolute Gasteiger partial charge is 0.497 e. The van der Waals surface area contributed by atoms with Gasteiger partial charge in [0.25, 0.3) is 5.91 Å². The normalized spacial score (nSPS) is 28.9. The van der Waals surface area contributed by atoms with Crippen LogP contribution in [0.2, 0.25) is 0 Å². The van der Waals surface area contributed by atoms with Gasteiger partial charge in [0.1, 0.15) is 24.0 Å². The van der Waals surface area contributed by atoms with Gasteiger partial charge in [-0.2, -0.15) is 0 Å². The number of amides is 2. The van der Waals surface area contributed by atoms with Crippen LogP contribution in [-0.4, -0.2) is 78.4 Å². The molecule has 3 aliphatic heterocycles. The molecule has 3 heterocycles. The lowest BCUT2D eigenvalue weighted by molar-refractivity contribution is -0.155. The van der Waals surface area contributed by atoms with Crippen LogP contribution < -0.4 is 9.64 Å². The summed E-state index contributed by atoms with van der Waals surface area (Å²) in [6.07, 6.45) is 4.27. The van der Waals surface area contributed by atoms with Crippen molar-refractivity contribution in [3.8, 4) is 5.75 Å². The van der Waals surface area contributed by atoms with Crippen molar-refractivity contribution in [2.75, 3.05) is 31.8 Å². The monoisotopic (exact) mass is 526 g/mol. The van der Waals surface area contributed by atoms with E-state index < -0.39 is 41.6 Å². The average Bonchev–Trinajstić information content (AvgIpc) is 3.58. The van der Waals surface area contributed by atoms with Gasteiger partial charge in [0, 0.05) is 12.2 Å². The molecule has 1 aromatic carbocycles. The number of methoxy groups -OCH3 is 1. The van der Waals surface area contributed by atoms with Crippen LogP contribution in [0.4, 0.5) is 5.69 Å². The second-order valence-electron chi connectivity index (χ2n) is 10.3. The molecule has 0 aliphatic carbocycles. The predicted molar refractivity (Wildman–Crippen MR) is 141 cm³/mol. The molecule has 38 heavy (non-hydrogen) atoms. The van der Waals surface area contributed by atoms with Gasteiger partial charge in [0.05, 0.1) is 37.7 Å². The Kier molecular flexibility index (Phi) is 8.28. The van der Waals surface area contributed by atoms with Crippen LogP contribution in [0, 0.1) is 17.8 Å². The van der Waals surface area contributed by atoms with Crippen molar-refractivity contribution >= 4 is 23.5 Å². The number of carbonyl (C=O) groups is 3. The van der Waals surface area contributed by atoms with Crippen LogP contribution in [0.15, 0.2) is 49.6 Å². The van der Waals surface area contributed by atoms with E-state index in [0.29, 0.717) is 30.7 Å². The first-order chi connectivity index (χ1) is 18.3. The number of benzene rings is 1. The molecule has 2 amide bonds. The van der Waals surface area contributed by atoms with Gasteiger partial charge in [0.15, 0.2) is 0 Å². The highest BCUT2D eigenvalue weighted by Gasteiger charge is 2.75. The smallest absolute Gasteiger partial charge is 0.312 e. The van der Waals surface area contributed by atoms with Crippen molar-refractivity contribution in [3.05, 3.63) is 49.6 Å². The Morgan fingerprint density at radius 3 is 2.58 bits per heavy atom. The molecule has 0 saturated carbocycles. The summed E-state index contributed by atoms with van der Waals surface area (Å²) < 4.78 is 17.1. The number of aliphatic hydroxyl groups excluding tert-OH is 1. The van der Waals surface area contributed by atoms with Gasteiger partial charge < -0.3 is 29.1 Å². The standard InChI is InChI=1S/C29H38N2O7/c1-6-15-30(19-9-11-20(36-5)12-10-19)27(34)25-29-14-13-22(38-29)23(28(35)37-16-7-2)24(29)26(33)31(25)21(17-32)18(4)8-3/h6-7,9-12,18,21-25,32H,1-2,8,13-17H2,3-5H3/t18-,21-,22+,23-,24-,25?,29?/m0/s1. The van der Waals surface area contributed by atoms with Crippen LogP contribution in [0.3, 0.4) is 0 Å². The van der Waals surface area contributed by atoms with Gasteiger partial charge in [0.2, 0.25) is 5.91 Å². The predicted octanol–water partition coefficient (Wildman–Crippen LogP) is 2.72. The number of nitrogens with zero attached hydrogens (tertiary/aromatic N) is 2. The number of rotatable bonds is 12. The first-order valence-corrected chi connectivity index (χ1v) is 13.2. The number of ether oxygens (including phenoxy) is 3. The van der Waals surface area contributed by atoms with Crippen molar-refractivity contribution in [1.82, 2.24) is 4.90 Å². The molecule has 7 atom stereocenters. The summed E-state index contributed by atoms with van der Waals surface area (Å²) in [5.74, 6) is -2.34. The molecule has 2 unspecified atom stereocenters. The first-order valence-electron chi connectivity index (χ1n) is 13.2. The van der Waals surface area contributed by atoms with E-state index in [0.717, 1.165) is 0 Å². The molecule has 206 valence electrons. The third-order valence-corrected chi connectivity index (χ3v) is 8.39. The number of fused-ring (bicyclic) bond motifs is 1. The summed E-state index contributed by atoms with van der Waals surface area (Å²) in [6, 6.07) is 5.44. The van der Waals surface area contributed by atoms with Crippen molar-refractivity contribution in [2.24, 2.45) is 17.8 Å². The lowest BCUT2D eigenvalue weighted by Gasteiger charge is -2.40. The number of aliphatic hydroxyl groups is 1. The molecule has 3 fully saturated rings. The number of hydrogen-bond acceptors (Lipinski definition) is 7. The highest BCUT2D eigenvalue weighted by molar-refractivity contribution is 6.04. The van der Waals surface area contributed by atoms with Crippen molar-refractivity contribution in [2.45, 2.75) is 56.9 Å². The topological polar surface area (TPSA) is 106 Å². The Balaban J connectivity index is 1.81. The van der Waals surface area contributed by atoms with E-state index in [4.69, 9.17) is 14.2 Å². The van der Waals surface area contributed by atoms with E-state index in [1.807, 2.05) is 13.8 Å². The molecule has 1 spiro atoms. The minimum atomic E-state index is -1.19. The Morgan fingerprint density at radius 2 is 2.00 bits per heavy atom. The summed E-state index contributed by atoms with van der Waals surface area (Å²) in [5.41, 5.74) is -0.578. The number of carbonyl (C=O) groups excluding carboxylic acids is 3. The SMILES string of the molecule is C=CCOC(=O)[C@@H]1[C@H]2C(=O)N([C@@H](CO)[C@@H](C)CC)C(C(=O)N(CC=C)c3ccc(OC)cc3)C23CC[C@H]1O3. The lowest BCUT2D eigenvalue weighted by Crippen LogP contribution is -2.60. The Hall–Kier alpha value is -3.17. The van der Waals surface area contributed by atoms with Crippen molar-refractivity contribution in [3.63, 3.8) is 0 Å². The maximum absolute atomic E-state index is 14.5. The van der Waals surface area contributed by atoms with E-state index in [1.54, 1.807) is 42.4 Å². The Labute approximate surface area is 224 Å². The zero-order valence-corrected chi connectivity index (χ0v) is 22.4. The summed E-state index contributed by atoms with van der Waals surface area (Å²) >= 11 is 0. The Morgan fingerprint density at radius 1 is 1.29 bits per heavy atom. The number of esters is 1. The zero-order chi connectivity index (χ0) is 27.6. The fourth-order valence-electron chi connectivity index (χ4n) is 6.41. The van der Waals surface area contributed by atoms with Gasteiger partial charge in [-0.25, -0.2) is 0 Å². The molecular weight excluding hydrogens is 488 g/mol. The van der Waals surface area contributed by atoms with E-state index >= 15 is 0 Å². The highest BCUT2D eigenvalue weighted by atomic mass is 16.6. The maximum Gasteiger partial charge on any atom is 0.312 e. The number of anilines is 1. The Bertz CT molecular complexity index is 1070. The average molecular weight is 527 g/mol. The molecule has 3 aliphatic rings. The molecular formula is C29H38N2O7. The second-order valence-corrected chi connectivity index (χ2v) is 10.3. The van der Waals surface area contributed by atoms with Crippen LogP contribution >= 0.6 is 0 Å². The molecule has 0 aromatic heterocycles. The molecule has 9 heteroatoms. The van der Waals surface area contributed by atoms with Gasteiger partial charge in [-0.15, -0.1) is 6.58 Å². The van der Waals surface area contributed by atoms with E-state index in [2.05, 4.69) is 13.2 Å². The highest BCUT2D eigenvalue weighted by Crippen LogP contribution is 2.59. The van der Waals surface area contributed by atoms with Gasteiger partial charge >= 0.3 is 5.97 Å². The summed E-state index contributed by atoms with van der Waals surface area (Å²) in [5, 5.41) is 10.5. The lowest BCUT2D eigenvalue weighted by atomic mass is 9.70.